The van der Waals surface area contributed by atoms with E-state index in [9.17, 15) is 4.79 Å². The highest BCUT2D eigenvalue weighted by atomic mass is 16.2. The smallest absolute Gasteiger partial charge is 0.254 e. The summed E-state index contributed by atoms with van der Waals surface area (Å²) in [6, 6.07) is 7.47. The minimum absolute atomic E-state index is 0.0487. The van der Waals surface area contributed by atoms with Gasteiger partial charge in [-0.1, -0.05) is 19.1 Å². The van der Waals surface area contributed by atoms with Gasteiger partial charge < -0.3 is 5.32 Å². The number of rotatable bonds is 0. The van der Waals surface area contributed by atoms with Crippen molar-refractivity contribution in [1.29, 1.82) is 0 Å². The Hall–Kier alpha value is -2.24. The van der Waals surface area contributed by atoms with Crippen LogP contribution in [-0.4, -0.2) is 26.1 Å². The molecule has 0 unspecified atom stereocenters. The molecule has 2 heterocycles. The van der Waals surface area contributed by atoms with Crippen molar-refractivity contribution in [2.24, 2.45) is 5.92 Å². The summed E-state index contributed by atoms with van der Waals surface area (Å²) < 4.78 is 1.73. The van der Waals surface area contributed by atoms with Crippen LogP contribution in [0.5, 0.6) is 0 Å². The summed E-state index contributed by atoms with van der Waals surface area (Å²) in [4.78, 5) is 12.6. The molecule has 1 N–H and O–H groups in total. The van der Waals surface area contributed by atoms with Gasteiger partial charge in [-0.2, -0.15) is 4.68 Å². The molecule has 4 rings (SSSR count). The Morgan fingerprint density at radius 1 is 1.29 bits per heavy atom. The molecule has 2 aromatic rings. The van der Waals surface area contributed by atoms with Gasteiger partial charge in [-0.05, 0) is 54.2 Å². The zero-order valence-corrected chi connectivity index (χ0v) is 11.9. The van der Waals surface area contributed by atoms with Crippen LogP contribution in [0.15, 0.2) is 24.3 Å². The van der Waals surface area contributed by atoms with Crippen molar-refractivity contribution < 1.29 is 4.79 Å². The minimum Gasteiger partial charge on any atom is -0.339 e. The zero-order valence-electron chi connectivity index (χ0n) is 11.9. The minimum atomic E-state index is -0.438. The molecule has 108 valence electrons. The molecule has 1 amide bonds. The Bertz CT molecular complexity index is 700. The monoisotopic (exact) mass is 283 g/mol. The van der Waals surface area contributed by atoms with Gasteiger partial charge in [0.05, 0.1) is 11.3 Å². The number of aromatic nitrogens is 4. The molecule has 1 spiro atoms. The maximum Gasteiger partial charge on any atom is 0.254 e. The highest BCUT2D eigenvalue weighted by Crippen LogP contribution is 2.40. The standard InChI is InChI=1S/C15H17N5O/c1-10-6-8-15(9-7-10)14-17-18-19-20(14)12-5-3-2-4-11(12)13(21)16-15/h2-5,10H,6-9H2,1H3,(H,16,21). The summed E-state index contributed by atoms with van der Waals surface area (Å²) in [5, 5.41) is 15.4. The molecular weight excluding hydrogens is 266 g/mol. The maximum absolute atomic E-state index is 12.6. The van der Waals surface area contributed by atoms with Crippen LogP contribution in [0.1, 0.15) is 48.8 Å². The highest BCUT2D eigenvalue weighted by molar-refractivity contribution is 5.98. The van der Waals surface area contributed by atoms with Crippen LogP contribution in [0.2, 0.25) is 0 Å². The Morgan fingerprint density at radius 3 is 2.86 bits per heavy atom. The number of amides is 1. The van der Waals surface area contributed by atoms with Gasteiger partial charge in [0.15, 0.2) is 5.82 Å². The number of benzene rings is 1. The van der Waals surface area contributed by atoms with E-state index < -0.39 is 5.54 Å². The van der Waals surface area contributed by atoms with Crippen LogP contribution in [0, 0.1) is 5.92 Å². The van der Waals surface area contributed by atoms with Crippen LogP contribution in [0.3, 0.4) is 0 Å². The number of fused-ring (bicyclic) bond motifs is 4. The van der Waals surface area contributed by atoms with Crippen molar-refractivity contribution in [2.45, 2.75) is 38.1 Å². The number of carbonyl (C=O) groups excluding carboxylic acids is 1. The van der Waals surface area contributed by atoms with Crippen LogP contribution in [-0.2, 0) is 5.54 Å². The third-order valence-corrected chi connectivity index (χ3v) is 4.76. The van der Waals surface area contributed by atoms with Gasteiger partial charge in [0.2, 0.25) is 0 Å². The molecular formula is C15H17N5O. The normalized spacial score (nSPS) is 27.7. The van der Waals surface area contributed by atoms with Gasteiger partial charge in [0.25, 0.3) is 5.91 Å². The first kappa shape index (κ1) is 12.5. The van der Waals surface area contributed by atoms with Gasteiger partial charge in [-0.15, -0.1) is 5.10 Å². The average molecular weight is 283 g/mol. The number of hydrogen-bond donors (Lipinski definition) is 1. The average Bonchev–Trinajstić information content (AvgIpc) is 2.97. The lowest BCUT2D eigenvalue weighted by Gasteiger charge is -2.37. The molecule has 6 heteroatoms. The number of carbonyl (C=O) groups is 1. The SMILES string of the molecule is CC1CCC2(CC1)NC(=O)c1ccccc1-n1nnnc12. The van der Waals surface area contributed by atoms with E-state index in [0.717, 1.165) is 37.2 Å². The van der Waals surface area contributed by atoms with Gasteiger partial charge in [0, 0.05) is 0 Å². The van der Waals surface area contributed by atoms with E-state index in [1.165, 1.54) is 0 Å². The van der Waals surface area contributed by atoms with E-state index in [2.05, 4.69) is 27.8 Å². The number of nitrogens with zero attached hydrogens (tertiary/aromatic N) is 4. The lowest BCUT2D eigenvalue weighted by Crippen LogP contribution is -2.48. The van der Waals surface area contributed by atoms with E-state index in [1.54, 1.807) is 4.68 Å². The molecule has 1 fully saturated rings. The first-order chi connectivity index (χ1) is 10.2. The molecule has 1 saturated carbocycles. The maximum atomic E-state index is 12.6. The predicted octanol–water partition coefficient (Wildman–Crippen LogP) is 1.81. The van der Waals surface area contributed by atoms with E-state index in [4.69, 9.17) is 0 Å². The quantitative estimate of drug-likeness (QED) is 0.800. The third kappa shape index (κ3) is 1.78. The summed E-state index contributed by atoms with van der Waals surface area (Å²) in [7, 11) is 0. The van der Waals surface area contributed by atoms with Gasteiger partial charge in [-0.25, -0.2) is 0 Å². The van der Waals surface area contributed by atoms with Crippen molar-refractivity contribution in [3.05, 3.63) is 35.7 Å². The molecule has 2 aliphatic rings. The molecule has 21 heavy (non-hydrogen) atoms. The largest absolute Gasteiger partial charge is 0.339 e. The number of tetrazole rings is 1. The molecule has 1 aliphatic carbocycles. The van der Waals surface area contributed by atoms with Gasteiger partial charge >= 0.3 is 0 Å². The molecule has 0 atom stereocenters. The number of nitrogens with one attached hydrogen (secondary N) is 1. The third-order valence-electron chi connectivity index (χ3n) is 4.76. The van der Waals surface area contributed by atoms with Crippen molar-refractivity contribution in [2.75, 3.05) is 0 Å². The molecule has 1 aliphatic heterocycles. The fraction of sp³-hybridized carbons (Fsp3) is 0.467. The van der Waals surface area contributed by atoms with Crippen LogP contribution in [0.25, 0.3) is 5.69 Å². The van der Waals surface area contributed by atoms with E-state index in [1.807, 2.05) is 24.3 Å². The fourth-order valence-corrected chi connectivity index (χ4v) is 3.44. The Labute approximate surface area is 122 Å². The van der Waals surface area contributed by atoms with Crippen LogP contribution < -0.4 is 5.32 Å². The number of hydrogen-bond acceptors (Lipinski definition) is 4. The molecule has 1 aromatic carbocycles. The van der Waals surface area contributed by atoms with Crippen molar-refractivity contribution in [3.8, 4) is 5.69 Å². The van der Waals surface area contributed by atoms with Crippen molar-refractivity contribution in [1.82, 2.24) is 25.5 Å². The lowest BCUT2D eigenvalue weighted by atomic mass is 9.76. The fourth-order valence-electron chi connectivity index (χ4n) is 3.44. The van der Waals surface area contributed by atoms with E-state index in [0.29, 0.717) is 11.5 Å². The van der Waals surface area contributed by atoms with E-state index >= 15 is 0 Å². The first-order valence-corrected chi connectivity index (χ1v) is 7.40. The van der Waals surface area contributed by atoms with Crippen molar-refractivity contribution >= 4 is 5.91 Å². The summed E-state index contributed by atoms with van der Waals surface area (Å²) in [5.74, 6) is 1.39. The Kier molecular flexibility index (Phi) is 2.60. The lowest BCUT2D eigenvalue weighted by molar-refractivity contribution is 0.0846. The second-order valence-corrected chi connectivity index (χ2v) is 6.15. The van der Waals surface area contributed by atoms with Crippen LogP contribution >= 0.6 is 0 Å². The second kappa shape index (κ2) is 4.38. The Balaban J connectivity index is 1.90. The Morgan fingerprint density at radius 2 is 2.05 bits per heavy atom. The number of para-hydroxylation sites is 1. The summed E-state index contributed by atoms with van der Waals surface area (Å²) in [6.07, 6.45) is 3.91. The van der Waals surface area contributed by atoms with Crippen molar-refractivity contribution in [3.63, 3.8) is 0 Å². The van der Waals surface area contributed by atoms with Crippen LogP contribution in [0.4, 0.5) is 0 Å². The molecule has 6 nitrogen and oxygen atoms in total. The first-order valence-electron chi connectivity index (χ1n) is 7.40. The van der Waals surface area contributed by atoms with Gasteiger partial charge in [-0.3, -0.25) is 4.79 Å². The summed E-state index contributed by atoms with van der Waals surface area (Å²) in [5.41, 5.74) is 0.943. The second-order valence-electron chi connectivity index (χ2n) is 6.15. The molecule has 0 bridgehead atoms. The van der Waals surface area contributed by atoms with E-state index in [-0.39, 0.29) is 5.91 Å². The highest BCUT2D eigenvalue weighted by Gasteiger charge is 2.44. The topological polar surface area (TPSA) is 72.7 Å². The zero-order chi connectivity index (χ0) is 14.4. The predicted molar refractivity (Wildman–Crippen MR) is 75.9 cm³/mol. The van der Waals surface area contributed by atoms with Gasteiger partial charge in [0.1, 0.15) is 5.54 Å². The summed E-state index contributed by atoms with van der Waals surface area (Å²) in [6.45, 7) is 2.25. The molecule has 0 saturated heterocycles. The summed E-state index contributed by atoms with van der Waals surface area (Å²) >= 11 is 0. The molecule has 0 radical (unpaired) electrons. The molecule has 1 aromatic heterocycles.